The van der Waals surface area contributed by atoms with Gasteiger partial charge in [-0.25, -0.2) is 4.79 Å². The highest BCUT2D eigenvalue weighted by atomic mass is 32.1. The topological polar surface area (TPSA) is 29.5 Å². The van der Waals surface area contributed by atoms with Gasteiger partial charge in [-0.2, -0.15) is 0 Å². The molecule has 0 aromatic rings. The molecule has 0 aromatic carbocycles. The van der Waals surface area contributed by atoms with Gasteiger partial charge in [-0.3, -0.25) is 0 Å². The fraction of sp³-hybridized carbons (Fsp3) is 0.556. The van der Waals surface area contributed by atoms with E-state index in [2.05, 4.69) is 18.8 Å². The van der Waals surface area contributed by atoms with Crippen molar-refractivity contribution >= 4 is 23.6 Å². The van der Waals surface area contributed by atoms with E-state index in [4.69, 9.17) is 4.74 Å². The van der Waals surface area contributed by atoms with Gasteiger partial charge in [0, 0.05) is 11.9 Å². The second-order valence-corrected chi connectivity index (χ2v) is 3.17. The second-order valence-electron chi connectivity index (χ2n) is 2.94. The lowest BCUT2D eigenvalue weighted by molar-refractivity contribution is -0.138. The Labute approximate surface area is 84.4 Å². The molecule has 0 aliphatic rings. The zero-order chi connectivity index (χ0) is 10.3. The molecule has 0 aliphatic heterocycles. The van der Waals surface area contributed by atoms with E-state index in [0.29, 0.717) is 6.61 Å². The van der Waals surface area contributed by atoms with Crippen molar-refractivity contribution in [2.24, 2.45) is 0 Å². The van der Waals surface area contributed by atoms with Gasteiger partial charge in [-0.1, -0.05) is 18.8 Å². The smallest absolute Gasteiger partial charge is 0.338 e. The van der Waals surface area contributed by atoms with Crippen molar-refractivity contribution in [3.8, 4) is 0 Å². The van der Waals surface area contributed by atoms with Gasteiger partial charge >= 0.3 is 5.97 Å². The predicted octanol–water partition coefficient (Wildman–Crippen LogP) is 1.04. The van der Waals surface area contributed by atoms with Crippen molar-refractivity contribution in [2.45, 2.75) is 6.42 Å². The molecule has 0 saturated heterocycles. The summed E-state index contributed by atoms with van der Waals surface area (Å²) in [5, 5.41) is 1.23. The third kappa shape index (κ3) is 6.42. The van der Waals surface area contributed by atoms with Crippen LogP contribution in [0.2, 0.25) is 0 Å². The molecule has 0 heterocycles. The number of carbonyl (C=O) groups excluding carboxylic acids is 1. The molecule has 0 bridgehead atoms. The van der Waals surface area contributed by atoms with Crippen molar-refractivity contribution in [3.63, 3.8) is 0 Å². The van der Waals surface area contributed by atoms with Crippen molar-refractivity contribution in [2.75, 3.05) is 27.2 Å². The molecule has 0 amide bonds. The molecule has 0 radical (unpaired) electrons. The van der Waals surface area contributed by atoms with Crippen LogP contribution in [0.5, 0.6) is 0 Å². The lowest BCUT2D eigenvalue weighted by Crippen LogP contribution is -2.16. The van der Waals surface area contributed by atoms with E-state index in [-0.39, 0.29) is 5.57 Å². The molecular formula is C9H15NO2S. The number of nitrogens with zero attached hydrogens (tertiary/aromatic N) is 1. The number of carbonyl (C=O) groups is 1. The third-order valence-electron chi connectivity index (χ3n) is 1.39. The predicted molar refractivity (Wildman–Crippen MR) is 56.9 cm³/mol. The number of esters is 1. The number of ether oxygens (including phenoxy) is 1. The molecule has 0 atom stereocenters. The molecule has 0 fully saturated rings. The minimum absolute atomic E-state index is 0.236. The van der Waals surface area contributed by atoms with Crippen LogP contribution < -0.4 is 0 Å². The molecule has 3 nitrogen and oxygen atoms in total. The average molecular weight is 201 g/mol. The Bertz CT molecular complexity index is 202. The van der Waals surface area contributed by atoms with Gasteiger partial charge in [-0.15, -0.1) is 0 Å². The first-order chi connectivity index (χ1) is 6.07. The molecule has 0 spiro atoms. The third-order valence-corrected chi connectivity index (χ3v) is 1.67. The van der Waals surface area contributed by atoms with E-state index in [1.807, 2.05) is 19.0 Å². The Morgan fingerprint density at radius 3 is 2.69 bits per heavy atom. The van der Waals surface area contributed by atoms with E-state index < -0.39 is 5.97 Å². The van der Waals surface area contributed by atoms with E-state index >= 15 is 0 Å². The van der Waals surface area contributed by atoms with Crippen LogP contribution in [0, 0.1) is 0 Å². The van der Waals surface area contributed by atoms with Gasteiger partial charge in [0.25, 0.3) is 0 Å². The molecule has 0 saturated carbocycles. The Morgan fingerprint density at radius 1 is 1.62 bits per heavy atom. The summed E-state index contributed by atoms with van der Waals surface area (Å²) in [5.74, 6) is -0.422. The molecule has 0 rings (SSSR count). The molecule has 0 N–H and O–H groups in total. The van der Waals surface area contributed by atoms with Crippen LogP contribution in [0.25, 0.3) is 0 Å². The lowest BCUT2D eigenvalue weighted by Gasteiger charge is -2.09. The summed E-state index contributed by atoms with van der Waals surface area (Å²) in [6.45, 7) is 4.76. The zero-order valence-corrected chi connectivity index (χ0v) is 8.89. The molecule has 0 aromatic heterocycles. The summed E-state index contributed by atoms with van der Waals surface area (Å²) < 4.78 is 4.88. The zero-order valence-electron chi connectivity index (χ0n) is 8.08. The van der Waals surface area contributed by atoms with Gasteiger partial charge in [0.2, 0.25) is 0 Å². The summed E-state index contributed by atoms with van der Waals surface area (Å²) in [6.07, 6.45) is 0.823. The molecule has 13 heavy (non-hydrogen) atoms. The summed E-state index contributed by atoms with van der Waals surface area (Å²) >= 11 is 4.54. The standard InChI is InChI=1S/C9H15NO2S/c1-8(7-13)9(11)12-6-4-5-10(2)3/h7H,1,4-6H2,2-3H3. The second kappa shape index (κ2) is 6.74. The van der Waals surface area contributed by atoms with Crippen LogP contribution in [0.4, 0.5) is 0 Å². The monoisotopic (exact) mass is 201 g/mol. The summed E-state index contributed by atoms with van der Waals surface area (Å²) in [6, 6.07) is 0. The van der Waals surface area contributed by atoms with E-state index in [1.165, 1.54) is 5.37 Å². The highest BCUT2D eigenvalue weighted by molar-refractivity contribution is 7.79. The van der Waals surface area contributed by atoms with Gasteiger partial charge < -0.3 is 9.64 Å². The quantitative estimate of drug-likeness (QED) is 0.278. The summed E-state index contributed by atoms with van der Waals surface area (Å²) in [5.41, 5.74) is 0.236. The van der Waals surface area contributed by atoms with E-state index in [9.17, 15) is 4.79 Å². The average Bonchev–Trinajstić information content (AvgIpc) is 2.10. The fourth-order valence-corrected chi connectivity index (χ4v) is 0.783. The van der Waals surface area contributed by atoms with Crippen molar-refractivity contribution < 1.29 is 9.53 Å². The minimum atomic E-state index is -0.422. The maximum atomic E-state index is 11.0. The minimum Gasteiger partial charge on any atom is -0.462 e. The van der Waals surface area contributed by atoms with Gasteiger partial charge in [0.15, 0.2) is 0 Å². The number of hydrogen-bond acceptors (Lipinski definition) is 4. The number of hydrogen-bond donors (Lipinski definition) is 0. The van der Waals surface area contributed by atoms with Crippen LogP contribution in [0.3, 0.4) is 0 Å². The summed E-state index contributed by atoms with van der Waals surface area (Å²) in [4.78, 5) is 13.0. The highest BCUT2D eigenvalue weighted by Crippen LogP contribution is 1.93. The maximum absolute atomic E-state index is 11.0. The van der Waals surface area contributed by atoms with Gasteiger partial charge in [0.1, 0.15) is 0 Å². The first kappa shape index (κ1) is 12.3. The van der Waals surface area contributed by atoms with Crippen LogP contribution in [0.1, 0.15) is 6.42 Å². The van der Waals surface area contributed by atoms with Crippen molar-refractivity contribution in [1.82, 2.24) is 4.90 Å². The molecular weight excluding hydrogens is 186 g/mol. The molecule has 0 unspecified atom stereocenters. The normalized spacial score (nSPS) is 9.77. The van der Waals surface area contributed by atoms with Crippen LogP contribution in [0.15, 0.2) is 12.2 Å². The van der Waals surface area contributed by atoms with Crippen LogP contribution in [-0.4, -0.2) is 43.5 Å². The van der Waals surface area contributed by atoms with Crippen LogP contribution in [-0.2, 0) is 9.53 Å². The van der Waals surface area contributed by atoms with Crippen molar-refractivity contribution in [3.05, 3.63) is 12.2 Å². The van der Waals surface area contributed by atoms with E-state index in [0.717, 1.165) is 13.0 Å². The summed E-state index contributed by atoms with van der Waals surface area (Å²) in [7, 11) is 3.94. The Hall–Kier alpha value is -0.740. The van der Waals surface area contributed by atoms with Crippen LogP contribution >= 0.6 is 12.2 Å². The first-order valence-corrected chi connectivity index (χ1v) is 4.51. The maximum Gasteiger partial charge on any atom is 0.338 e. The lowest BCUT2D eigenvalue weighted by atomic mass is 10.3. The molecule has 74 valence electrons. The SMILES string of the molecule is C=C(C=S)C(=O)OCCCN(C)C. The highest BCUT2D eigenvalue weighted by Gasteiger charge is 2.04. The fourth-order valence-electron chi connectivity index (χ4n) is 0.686. The van der Waals surface area contributed by atoms with Gasteiger partial charge in [-0.05, 0) is 20.5 Å². The van der Waals surface area contributed by atoms with Crippen molar-refractivity contribution in [1.29, 1.82) is 0 Å². The number of rotatable bonds is 6. The molecule has 0 aliphatic carbocycles. The molecule has 4 heteroatoms. The van der Waals surface area contributed by atoms with E-state index in [1.54, 1.807) is 0 Å². The Balaban J connectivity index is 3.48. The number of thiocarbonyl (C=S) groups is 1. The Morgan fingerprint density at radius 2 is 2.23 bits per heavy atom. The largest absolute Gasteiger partial charge is 0.462 e. The Kier molecular flexibility index (Phi) is 6.36. The van der Waals surface area contributed by atoms with Gasteiger partial charge in [0.05, 0.1) is 12.2 Å². The first-order valence-electron chi connectivity index (χ1n) is 4.04.